The summed E-state index contributed by atoms with van der Waals surface area (Å²) in [5, 5.41) is 14.0. The van der Waals surface area contributed by atoms with E-state index in [9.17, 15) is 5.11 Å². The van der Waals surface area contributed by atoms with Gasteiger partial charge in [-0.05, 0) is 43.4 Å². The van der Waals surface area contributed by atoms with Crippen LogP contribution in [0.5, 0.6) is 5.75 Å². The van der Waals surface area contributed by atoms with Crippen molar-refractivity contribution < 1.29 is 5.11 Å². The van der Waals surface area contributed by atoms with Crippen molar-refractivity contribution in [3.05, 3.63) is 35.5 Å². The maximum absolute atomic E-state index is 9.72. The van der Waals surface area contributed by atoms with E-state index in [1.807, 2.05) is 18.2 Å². The molecule has 18 heavy (non-hydrogen) atoms. The number of thioether (sulfide) groups is 1. The molecule has 2 aliphatic rings. The van der Waals surface area contributed by atoms with Crippen molar-refractivity contribution in [2.75, 3.05) is 5.75 Å². The monoisotopic (exact) mass is 260 g/mol. The topological polar surface area (TPSA) is 44.6 Å². The average molecular weight is 260 g/mol. The maximum Gasteiger partial charge on any atom is 0.166 e. The molecular formula is C14H16N2OS. The number of phenols is 1. The fourth-order valence-corrected chi connectivity index (χ4v) is 3.31. The van der Waals surface area contributed by atoms with E-state index in [1.165, 1.54) is 25.0 Å². The molecule has 0 saturated carbocycles. The second-order valence-electron chi connectivity index (χ2n) is 4.61. The van der Waals surface area contributed by atoms with E-state index in [0.29, 0.717) is 5.69 Å². The highest BCUT2D eigenvalue weighted by atomic mass is 32.2. The third-order valence-electron chi connectivity index (χ3n) is 3.33. The number of aliphatic imine (C=N–C) groups is 1. The number of allylic oxidation sites excluding steroid dienone is 1. The van der Waals surface area contributed by atoms with Crippen molar-refractivity contribution >= 4 is 22.6 Å². The van der Waals surface area contributed by atoms with Gasteiger partial charge in [0.05, 0.1) is 0 Å². The molecular weight excluding hydrogens is 244 g/mol. The molecule has 0 amide bonds. The first kappa shape index (κ1) is 11.7. The number of hydrogen-bond donors (Lipinski definition) is 2. The summed E-state index contributed by atoms with van der Waals surface area (Å²) in [6.45, 7) is 0. The number of nitrogens with one attached hydrogen (secondary N) is 1. The minimum Gasteiger partial charge on any atom is -0.506 e. The van der Waals surface area contributed by atoms with Gasteiger partial charge in [-0.2, -0.15) is 0 Å². The Labute approximate surface area is 111 Å². The van der Waals surface area contributed by atoms with Gasteiger partial charge in [0.15, 0.2) is 5.17 Å². The van der Waals surface area contributed by atoms with Crippen LogP contribution in [0.3, 0.4) is 0 Å². The lowest BCUT2D eigenvalue weighted by molar-refractivity contribution is 0.477. The molecule has 0 fully saturated rings. The molecule has 0 radical (unpaired) electrons. The van der Waals surface area contributed by atoms with Crippen LogP contribution in [0.4, 0.5) is 5.69 Å². The van der Waals surface area contributed by atoms with Crippen molar-refractivity contribution in [1.82, 2.24) is 5.32 Å². The minimum atomic E-state index is 0.232. The highest BCUT2D eigenvalue weighted by Crippen LogP contribution is 2.32. The van der Waals surface area contributed by atoms with Crippen molar-refractivity contribution in [3.63, 3.8) is 0 Å². The number of amidine groups is 1. The van der Waals surface area contributed by atoms with E-state index in [0.717, 1.165) is 17.3 Å². The molecule has 1 aliphatic carbocycles. The Morgan fingerprint density at radius 2 is 2.00 bits per heavy atom. The number of phenolic OH excluding ortho intramolecular Hbond substituents is 1. The van der Waals surface area contributed by atoms with Gasteiger partial charge in [-0.1, -0.05) is 23.9 Å². The van der Waals surface area contributed by atoms with Gasteiger partial charge in [0.25, 0.3) is 0 Å². The van der Waals surface area contributed by atoms with Crippen molar-refractivity contribution in [3.8, 4) is 5.75 Å². The number of rotatable bonds is 1. The van der Waals surface area contributed by atoms with Crippen molar-refractivity contribution in [1.29, 1.82) is 0 Å². The van der Waals surface area contributed by atoms with Gasteiger partial charge in [0, 0.05) is 11.4 Å². The van der Waals surface area contributed by atoms with Gasteiger partial charge in [-0.25, -0.2) is 4.99 Å². The number of hydrogen-bond acceptors (Lipinski definition) is 3. The molecule has 94 valence electrons. The normalized spacial score (nSPS) is 21.7. The molecule has 0 spiro atoms. The smallest absolute Gasteiger partial charge is 0.166 e. The summed E-state index contributed by atoms with van der Waals surface area (Å²) in [7, 11) is 0. The molecule has 1 aromatic carbocycles. The molecule has 0 unspecified atom stereocenters. The molecule has 4 heteroatoms. The maximum atomic E-state index is 9.72. The van der Waals surface area contributed by atoms with Crippen LogP contribution < -0.4 is 5.32 Å². The summed E-state index contributed by atoms with van der Waals surface area (Å²) in [4.78, 5) is 4.49. The van der Waals surface area contributed by atoms with Crippen molar-refractivity contribution in [2.24, 2.45) is 4.99 Å². The third-order valence-corrected chi connectivity index (χ3v) is 4.29. The summed E-state index contributed by atoms with van der Waals surface area (Å²) in [5.74, 6) is 1.27. The Kier molecular flexibility index (Phi) is 3.28. The third kappa shape index (κ3) is 2.38. The first-order valence-electron chi connectivity index (χ1n) is 6.30. The second-order valence-corrected chi connectivity index (χ2v) is 5.57. The van der Waals surface area contributed by atoms with E-state index in [2.05, 4.69) is 10.3 Å². The van der Waals surface area contributed by atoms with E-state index in [1.54, 1.807) is 23.4 Å². The highest BCUT2D eigenvalue weighted by molar-refractivity contribution is 8.14. The average Bonchev–Trinajstić information content (AvgIpc) is 2.41. The lowest BCUT2D eigenvalue weighted by Gasteiger charge is -2.26. The quantitative estimate of drug-likeness (QED) is 0.811. The Balaban J connectivity index is 1.83. The second kappa shape index (κ2) is 5.06. The summed E-state index contributed by atoms with van der Waals surface area (Å²) < 4.78 is 0. The summed E-state index contributed by atoms with van der Waals surface area (Å²) >= 11 is 1.72. The molecule has 3 nitrogen and oxygen atoms in total. The highest BCUT2D eigenvalue weighted by Gasteiger charge is 2.19. The number of aromatic hydroxyl groups is 1. The molecule has 0 atom stereocenters. The summed E-state index contributed by atoms with van der Waals surface area (Å²) in [6, 6.07) is 7.19. The molecule has 1 heterocycles. The molecule has 0 aromatic heterocycles. The van der Waals surface area contributed by atoms with Crippen LogP contribution in [0.1, 0.15) is 25.7 Å². The van der Waals surface area contributed by atoms with E-state index < -0.39 is 0 Å². The van der Waals surface area contributed by atoms with Gasteiger partial charge >= 0.3 is 0 Å². The minimum absolute atomic E-state index is 0.232. The van der Waals surface area contributed by atoms with Gasteiger partial charge in [0.1, 0.15) is 11.4 Å². The lowest BCUT2D eigenvalue weighted by Crippen LogP contribution is -2.28. The zero-order chi connectivity index (χ0) is 12.4. The molecule has 1 aromatic rings. The van der Waals surface area contributed by atoms with E-state index in [4.69, 9.17) is 0 Å². The van der Waals surface area contributed by atoms with E-state index >= 15 is 0 Å². The van der Waals surface area contributed by atoms with Crippen LogP contribution in [0.25, 0.3) is 0 Å². The van der Waals surface area contributed by atoms with Crippen LogP contribution in [-0.4, -0.2) is 16.0 Å². The fourth-order valence-electron chi connectivity index (χ4n) is 2.33. The SMILES string of the molecule is Oc1ccccc1N=C1NC2=C(CCCC2)CS1. The number of para-hydroxylation sites is 2. The largest absolute Gasteiger partial charge is 0.506 e. The first-order chi connectivity index (χ1) is 8.83. The van der Waals surface area contributed by atoms with Gasteiger partial charge in [0.2, 0.25) is 0 Å². The Morgan fingerprint density at radius 3 is 2.89 bits per heavy atom. The zero-order valence-corrected chi connectivity index (χ0v) is 11.0. The molecule has 0 saturated heterocycles. The lowest BCUT2D eigenvalue weighted by atomic mass is 9.97. The molecule has 2 N–H and O–H groups in total. The fraction of sp³-hybridized carbons (Fsp3) is 0.357. The molecule has 3 rings (SSSR count). The van der Waals surface area contributed by atoms with Gasteiger partial charge < -0.3 is 10.4 Å². The molecule has 0 bridgehead atoms. The zero-order valence-electron chi connectivity index (χ0n) is 10.1. The Morgan fingerprint density at radius 1 is 1.17 bits per heavy atom. The molecule has 1 aliphatic heterocycles. The van der Waals surface area contributed by atoms with E-state index in [-0.39, 0.29) is 5.75 Å². The van der Waals surface area contributed by atoms with Crippen LogP contribution >= 0.6 is 11.8 Å². The standard InChI is InChI=1S/C14H16N2OS/c17-13-8-4-3-7-12(13)16-14-15-11-6-2-1-5-10(11)9-18-14/h3-4,7-8,17H,1-2,5-6,9H2,(H,15,16). The predicted octanol–water partition coefficient (Wildman–Crippen LogP) is 3.54. The van der Waals surface area contributed by atoms with Gasteiger partial charge in [-0.15, -0.1) is 0 Å². The first-order valence-corrected chi connectivity index (χ1v) is 7.29. The number of benzene rings is 1. The number of nitrogens with zero attached hydrogens (tertiary/aromatic N) is 1. The predicted molar refractivity (Wildman–Crippen MR) is 76.3 cm³/mol. The van der Waals surface area contributed by atoms with Crippen LogP contribution in [0.15, 0.2) is 40.5 Å². The van der Waals surface area contributed by atoms with Crippen LogP contribution in [0.2, 0.25) is 0 Å². The Hall–Kier alpha value is -1.42. The van der Waals surface area contributed by atoms with Gasteiger partial charge in [-0.3, -0.25) is 0 Å². The van der Waals surface area contributed by atoms with Crippen LogP contribution in [0, 0.1) is 0 Å². The summed E-state index contributed by atoms with van der Waals surface area (Å²) in [6.07, 6.45) is 4.93. The Bertz CT molecular complexity index is 522. The summed E-state index contributed by atoms with van der Waals surface area (Å²) in [5.41, 5.74) is 3.53. The van der Waals surface area contributed by atoms with Crippen LogP contribution in [-0.2, 0) is 0 Å². The van der Waals surface area contributed by atoms with Crippen molar-refractivity contribution in [2.45, 2.75) is 25.7 Å².